The fourth-order valence-electron chi connectivity index (χ4n) is 1.83. The van der Waals surface area contributed by atoms with Crippen molar-refractivity contribution in [2.45, 2.75) is 20.4 Å². The Morgan fingerprint density at radius 1 is 1.43 bits per heavy atom. The molecule has 5 heteroatoms. The highest BCUT2D eigenvalue weighted by Gasteiger charge is 2.10. The molecule has 0 aliphatic carbocycles. The van der Waals surface area contributed by atoms with Gasteiger partial charge in [0.15, 0.2) is 0 Å². The number of hydrogen-bond acceptors (Lipinski definition) is 4. The highest BCUT2D eigenvalue weighted by Crippen LogP contribution is 2.11. The highest BCUT2D eigenvalue weighted by molar-refractivity contribution is 5.95. The zero-order valence-electron chi connectivity index (χ0n) is 12.1. The van der Waals surface area contributed by atoms with Crippen molar-refractivity contribution in [3.8, 4) is 11.8 Å². The van der Waals surface area contributed by atoms with Crippen LogP contribution >= 0.6 is 0 Å². The van der Waals surface area contributed by atoms with Crippen LogP contribution in [0.15, 0.2) is 28.8 Å². The fraction of sp³-hybridized carbons (Fsp3) is 0.250. The summed E-state index contributed by atoms with van der Waals surface area (Å²) in [6.07, 6.45) is 1.62. The average Bonchev–Trinajstić information content (AvgIpc) is 2.89. The van der Waals surface area contributed by atoms with Gasteiger partial charge >= 0.3 is 0 Å². The van der Waals surface area contributed by atoms with Gasteiger partial charge in [0, 0.05) is 11.1 Å². The molecule has 1 aromatic carbocycles. The van der Waals surface area contributed by atoms with E-state index in [0.29, 0.717) is 18.0 Å². The molecule has 5 nitrogen and oxygen atoms in total. The number of oxazole rings is 1. The summed E-state index contributed by atoms with van der Waals surface area (Å²) in [4.78, 5) is 16.3. The molecule has 0 saturated carbocycles. The van der Waals surface area contributed by atoms with Gasteiger partial charge in [-0.3, -0.25) is 4.79 Å². The number of aromatic nitrogens is 1. The molecule has 2 aromatic rings. The van der Waals surface area contributed by atoms with Crippen molar-refractivity contribution in [3.63, 3.8) is 0 Å². The van der Waals surface area contributed by atoms with E-state index in [1.165, 1.54) is 0 Å². The van der Waals surface area contributed by atoms with Crippen LogP contribution in [0.3, 0.4) is 0 Å². The molecule has 21 heavy (non-hydrogen) atoms. The molecule has 0 radical (unpaired) electrons. The minimum absolute atomic E-state index is 0.181. The Hall–Kier alpha value is -2.58. The van der Waals surface area contributed by atoms with Crippen LogP contribution in [0.2, 0.25) is 0 Å². The van der Waals surface area contributed by atoms with Gasteiger partial charge in [0.1, 0.15) is 5.76 Å². The SMILES string of the molecule is Cc1cnc(CNC(=O)c2cc(C#CCN)ccc2C)o1. The number of nitrogens with one attached hydrogen (secondary N) is 1. The summed E-state index contributed by atoms with van der Waals surface area (Å²) in [5.41, 5.74) is 7.58. The minimum Gasteiger partial charge on any atom is -0.444 e. The van der Waals surface area contributed by atoms with Crippen LogP contribution in [0.4, 0.5) is 0 Å². The molecule has 0 atom stereocenters. The van der Waals surface area contributed by atoms with Crippen molar-refractivity contribution < 1.29 is 9.21 Å². The van der Waals surface area contributed by atoms with E-state index in [0.717, 1.165) is 16.9 Å². The van der Waals surface area contributed by atoms with Crippen molar-refractivity contribution in [1.29, 1.82) is 0 Å². The summed E-state index contributed by atoms with van der Waals surface area (Å²) in [7, 11) is 0. The summed E-state index contributed by atoms with van der Waals surface area (Å²) in [6.45, 7) is 4.23. The highest BCUT2D eigenvalue weighted by atomic mass is 16.4. The van der Waals surface area contributed by atoms with Crippen molar-refractivity contribution >= 4 is 5.91 Å². The first-order valence-electron chi connectivity index (χ1n) is 6.59. The van der Waals surface area contributed by atoms with Crippen LogP contribution in [0.25, 0.3) is 0 Å². The van der Waals surface area contributed by atoms with Crippen LogP contribution in [0.5, 0.6) is 0 Å². The molecule has 0 fully saturated rings. The molecular weight excluding hydrogens is 266 g/mol. The number of hydrogen-bond donors (Lipinski definition) is 2. The lowest BCUT2D eigenvalue weighted by Gasteiger charge is -2.06. The van der Waals surface area contributed by atoms with E-state index in [1.807, 2.05) is 26.0 Å². The summed E-state index contributed by atoms with van der Waals surface area (Å²) < 4.78 is 5.31. The van der Waals surface area contributed by atoms with Gasteiger partial charge in [-0.15, -0.1) is 0 Å². The number of nitrogens with zero attached hydrogens (tertiary/aromatic N) is 1. The Kier molecular flexibility index (Phi) is 4.75. The Labute approximate surface area is 123 Å². The third-order valence-electron chi connectivity index (χ3n) is 2.89. The second-order valence-electron chi connectivity index (χ2n) is 4.58. The predicted molar refractivity (Wildman–Crippen MR) is 79.5 cm³/mol. The Morgan fingerprint density at radius 2 is 2.24 bits per heavy atom. The lowest BCUT2D eigenvalue weighted by molar-refractivity contribution is 0.0946. The number of carbonyl (C=O) groups excluding carboxylic acids is 1. The van der Waals surface area contributed by atoms with Gasteiger partial charge in [-0.1, -0.05) is 17.9 Å². The van der Waals surface area contributed by atoms with Gasteiger partial charge in [0.25, 0.3) is 5.91 Å². The first-order valence-corrected chi connectivity index (χ1v) is 6.59. The van der Waals surface area contributed by atoms with E-state index >= 15 is 0 Å². The van der Waals surface area contributed by atoms with E-state index in [2.05, 4.69) is 22.1 Å². The lowest BCUT2D eigenvalue weighted by Crippen LogP contribution is -2.23. The molecule has 0 saturated heterocycles. The lowest BCUT2D eigenvalue weighted by atomic mass is 10.0. The zero-order valence-corrected chi connectivity index (χ0v) is 12.1. The molecule has 1 amide bonds. The first kappa shape index (κ1) is 14.8. The third-order valence-corrected chi connectivity index (χ3v) is 2.89. The number of rotatable bonds is 3. The average molecular weight is 283 g/mol. The zero-order chi connectivity index (χ0) is 15.2. The van der Waals surface area contributed by atoms with E-state index < -0.39 is 0 Å². The third kappa shape index (κ3) is 3.94. The molecular formula is C16H17N3O2. The molecule has 0 bridgehead atoms. The van der Waals surface area contributed by atoms with Gasteiger partial charge in [0.05, 0.1) is 19.3 Å². The number of carbonyl (C=O) groups is 1. The monoisotopic (exact) mass is 283 g/mol. The summed E-state index contributed by atoms with van der Waals surface area (Å²) in [5.74, 6) is 6.71. The van der Waals surface area contributed by atoms with Gasteiger partial charge in [0.2, 0.25) is 5.89 Å². The second-order valence-corrected chi connectivity index (χ2v) is 4.58. The second kappa shape index (κ2) is 6.73. The molecule has 0 unspecified atom stereocenters. The van der Waals surface area contributed by atoms with Crippen molar-refractivity contribution in [2.75, 3.05) is 6.54 Å². The van der Waals surface area contributed by atoms with E-state index in [-0.39, 0.29) is 12.5 Å². The van der Waals surface area contributed by atoms with Crippen LogP contribution < -0.4 is 11.1 Å². The van der Waals surface area contributed by atoms with Crippen LogP contribution in [0, 0.1) is 25.7 Å². The number of amides is 1. The molecule has 1 heterocycles. The Morgan fingerprint density at radius 3 is 2.90 bits per heavy atom. The van der Waals surface area contributed by atoms with E-state index in [4.69, 9.17) is 10.2 Å². The first-order chi connectivity index (χ1) is 10.1. The Bertz CT molecular complexity index is 708. The standard InChI is InChI=1S/C16H17N3O2/c1-11-5-6-13(4-3-7-17)8-14(11)16(20)19-10-15-18-9-12(2)21-15/h5-6,8-9H,7,10,17H2,1-2H3,(H,19,20). The number of benzene rings is 1. The Balaban J connectivity index is 2.10. The van der Waals surface area contributed by atoms with Gasteiger partial charge in [-0.2, -0.15) is 0 Å². The fourth-order valence-corrected chi connectivity index (χ4v) is 1.83. The summed E-state index contributed by atoms with van der Waals surface area (Å²) in [6, 6.07) is 5.49. The minimum atomic E-state index is -0.181. The molecule has 0 aliphatic rings. The van der Waals surface area contributed by atoms with Gasteiger partial charge in [-0.05, 0) is 31.5 Å². The van der Waals surface area contributed by atoms with E-state index in [9.17, 15) is 4.79 Å². The van der Waals surface area contributed by atoms with Crippen LogP contribution in [-0.2, 0) is 6.54 Å². The topological polar surface area (TPSA) is 81.2 Å². The maximum atomic E-state index is 12.2. The molecule has 108 valence electrons. The smallest absolute Gasteiger partial charge is 0.252 e. The van der Waals surface area contributed by atoms with Crippen molar-refractivity contribution in [2.24, 2.45) is 5.73 Å². The molecule has 3 N–H and O–H groups in total. The molecule has 1 aromatic heterocycles. The van der Waals surface area contributed by atoms with Crippen LogP contribution in [-0.4, -0.2) is 17.4 Å². The molecule has 0 aliphatic heterocycles. The molecule has 0 spiro atoms. The predicted octanol–water partition coefficient (Wildman–Crippen LogP) is 1.53. The summed E-state index contributed by atoms with van der Waals surface area (Å²) >= 11 is 0. The van der Waals surface area contributed by atoms with E-state index in [1.54, 1.807) is 12.3 Å². The summed E-state index contributed by atoms with van der Waals surface area (Å²) in [5, 5.41) is 2.78. The number of aryl methyl sites for hydroxylation is 2. The van der Waals surface area contributed by atoms with Crippen molar-refractivity contribution in [3.05, 3.63) is 52.7 Å². The van der Waals surface area contributed by atoms with Crippen LogP contribution in [0.1, 0.15) is 33.1 Å². The number of nitrogens with two attached hydrogens (primary N) is 1. The maximum Gasteiger partial charge on any atom is 0.252 e. The molecule has 2 rings (SSSR count). The van der Waals surface area contributed by atoms with Gasteiger partial charge < -0.3 is 15.5 Å². The normalized spacial score (nSPS) is 9.86. The van der Waals surface area contributed by atoms with Gasteiger partial charge in [-0.25, -0.2) is 4.98 Å². The quantitative estimate of drug-likeness (QED) is 0.837. The van der Waals surface area contributed by atoms with Crippen molar-refractivity contribution in [1.82, 2.24) is 10.3 Å². The largest absolute Gasteiger partial charge is 0.444 e. The maximum absolute atomic E-state index is 12.2.